The molecule has 0 radical (unpaired) electrons. The van der Waals surface area contributed by atoms with E-state index in [-0.39, 0.29) is 11.8 Å². The highest BCUT2D eigenvalue weighted by atomic mass is 16.2. The zero-order valence-corrected chi connectivity index (χ0v) is 15.8. The van der Waals surface area contributed by atoms with Gasteiger partial charge in [0.15, 0.2) is 0 Å². The first-order valence-corrected chi connectivity index (χ1v) is 9.16. The minimum atomic E-state index is -1.13. The molecule has 0 bridgehead atoms. The summed E-state index contributed by atoms with van der Waals surface area (Å²) in [6.45, 7) is 5.90. The third kappa shape index (κ3) is 5.19. The van der Waals surface area contributed by atoms with Crippen molar-refractivity contribution in [1.29, 1.82) is 0 Å². The van der Waals surface area contributed by atoms with Crippen molar-refractivity contribution in [3.63, 3.8) is 0 Å². The molecule has 0 aliphatic rings. The Morgan fingerprint density at radius 2 is 1.58 bits per heavy atom. The maximum Gasteiger partial charge on any atom is 0.239 e. The molecule has 2 aromatic carbocycles. The molecule has 2 N–H and O–H groups in total. The lowest BCUT2D eigenvalue weighted by atomic mass is 9.90. The molecular formula is C22H28N2O2. The number of para-hydroxylation sites is 1. The van der Waals surface area contributed by atoms with E-state index in [4.69, 9.17) is 0 Å². The summed E-state index contributed by atoms with van der Waals surface area (Å²) in [5.41, 5.74) is 1.94. The van der Waals surface area contributed by atoms with Gasteiger partial charge < -0.3 is 10.6 Å². The average molecular weight is 352 g/mol. The van der Waals surface area contributed by atoms with Gasteiger partial charge in [0.2, 0.25) is 11.8 Å². The lowest BCUT2D eigenvalue weighted by Crippen LogP contribution is -2.45. The Bertz CT molecular complexity index is 739. The minimum Gasteiger partial charge on any atom is -0.355 e. The van der Waals surface area contributed by atoms with E-state index >= 15 is 0 Å². The predicted molar refractivity (Wildman–Crippen MR) is 106 cm³/mol. The Kier molecular flexibility index (Phi) is 6.96. The molecular weight excluding hydrogens is 324 g/mol. The lowest BCUT2D eigenvalue weighted by molar-refractivity contribution is -0.138. The number of amides is 2. The third-order valence-corrected chi connectivity index (χ3v) is 4.55. The van der Waals surface area contributed by atoms with E-state index in [0.29, 0.717) is 6.54 Å². The van der Waals surface area contributed by atoms with Gasteiger partial charge >= 0.3 is 0 Å². The van der Waals surface area contributed by atoms with E-state index in [2.05, 4.69) is 22.8 Å². The Morgan fingerprint density at radius 3 is 2.27 bits per heavy atom. The molecule has 0 aliphatic carbocycles. The van der Waals surface area contributed by atoms with Crippen LogP contribution in [-0.2, 0) is 22.4 Å². The molecule has 2 aromatic rings. The van der Waals surface area contributed by atoms with Crippen molar-refractivity contribution in [2.45, 2.75) is 40.0 Å². The van der Waals surface area contributed by atoms with Crippen LogP contribution in [0, 0.1) is 5.41 Å². The van der Waals surface area contributed by atoms with Gasteiger partial charge in [-0.1, -0.05) is 55.5 Å². The smallest absolute Gasteiger partial charge is 0.239 e. The quantitative estimate of drug-likeness (QED) is 0.558. The normalized spacial score (nSPS) is 11.0. The van der Waals surface area contributed by atoms with Crippen LogP contribution in [-0.4, -0.2) is 18.4 Å². The second-order valence-electron chi connectivity index (χ2n) is 6.93. The van der Waals surface area contributed by atoms with Gasteiger partial charge in [-0.2, -0.15) is 0 Å². The van der Waals surface area contributed by atoms with Gasteiger partial charge in [0.05, 0.1) is 0 Å². The summed E-state index contributed by atoms with van der Waals surface area (Å²) < 4.78 is 0. The van der Waals surface area contributed by atoms with Crippen LogP contribution in [0.4, 0.5) is 5.69 Å². The summed E-state index contributed by atoms with van der Waals surface area (Å²) in [4.78, 5) is 25.1. The van der Waals surface area contributed by atoms with E-state index < -0.39 is 5.41 Å². The first kappa shape index (κ1) is 19.7. The zero-order valence-electron chi connectivity index (χ0n) is 15.8. The van der Waals surface area contributed by atoms with Gasteiger partial charge in [-0.3, -0.25) is 9.59 Å². The lowest BCUT2D eigenvalue weighted by Gasteiger charge is -2.23. The fourth-order valence-electron chi connectivity index (χ4n) is 2.69. The predicted octanol–water partition coefficient (Wildman–Crippen LogP) is 3.96. The van der Waals surface area contributed by atoms with Crippen molar-refractivity contribution < 1.29 is 9.59 Å². The molecule has 0 spiro atoms. The topological polar surface area (TPSA) is 58.2 Å². The number of aryl methyl sites for hydroxylation is 2. The standard InChI is InChI=1S/C22H28N2O2/c1-4-18-14-8-9-15-19(18)24-21(26)22(2,3)20(25)23-16-10-13-17-11-6-5-7-12-17/h5-9,11-12,14-15H,4,10,13,16H2,1-3H3,(H,23,25)(H,24,26). The molecule has 0 heterocycles. The molecule has 138 valence electrons. The van der Waals surface area contributed by atoms with E-state index in [1.807, 2.05) is 49.4 Å². The Hall–Kier alpha value is -2.62. The van der Waals surface area contributed by atoms with E-state index in [1.165, 1.54) is 5.56 Å². The first-order chi connectivity index (χ1) is 12.4. The molecule has 0 fully saturated rings. The molecule has 2 rings (SSSR count). The van der Waals surface area contributed by atoms with Gasteiger partial charge in [-0.25, -0.2) is 0 Å². The zero-order chi connectivity index (χ0) is 19.0. The van der Waals surface area contributed by atoms with Crippen LogP contribution in [0.25, 0.3) is 0 Å². The minimum absolute atomic E-state index is 0.253. The van der Waals surface area contributed by atoms with E-state index in [9.17, 15) is 9.59 Å². The van der Waals surface area contributed by atoms with Crippen LogP contribution in [0.5, 0.6) is 0 Å². The first-order valence-electron chi connectivity index (χ1n) is 9.16. The molecule has 0 aromatic heterocycles. The highest BCUT2D eigenvalue weighted by molar-refractivity contribution is 6.10. The second-order valence-corrected chi connectivity index (χ2v) is 6.93. The fourth-order valence-corrected chi connectivity index (χ4v) is 2.69. The summed E-state index contributed by atoms with van der Waals surface area (Å²) in [6.07, 6.45) is 2.56. The number of hydrogen-bond donors (Lipinski definition) is 2. The van der Waals surface area contributed by atoms with E-state index in [0.717, 1.165) is 30.5 Å². The number of nitrogens with one attached hydrogen (secondary N) is 2. The van der Waals surface area contributed by atoms with Crippen LogP contribution in [0.3, 0.4) is 0 Å². The maximum absolute atomic E-state index is 12.6. The summed E-state index contributed by atoms with van der Waals surface area (Å²) >= 11 is 0. The van der Waals surface area contributed by atoms with Crippen LogP contribution >= 0.6 is 0 Å². The van der Waals surface area contributed by atoms with Crippen molar-refractivity contribution in [1.82, 2.24) is 5.32 Å². The fraction of sp³-hybridized carbons (Fsp3) is 0.364. The highest BCUT2D eigenvalue weighted by Gasteiger charge is 2.36. The summed E-state index contributed by atoms with van der Waals surface area (Å²) in [5.74, 6) is -0.545. The van der Waals surface area contributed by atoms with Crippen LogP contribution in [0.15, 0.2) is 54.6 Å². The SMILES string of the molecule is CCc1ccccc1NC(=O)C(C)(C)C(=O)NCCCc1ccccc1. The summed E-state index contributed by atoms with van der Waals surface area (Å²) in [5, 5.41) is 5.79. The molecule has 0 atom stereocenters. The number of anilines is 1. The van der Waals surface area contributed by atoms with E-state index in [1.54, 1.807) is 13.8 Å². The maximum atomic E-state index is 12.6. The summed E-state index contributed by atoms with van der Waals surface area (Å²) in [7, 11) is 0. The number of carbonyl (C=O) groups excluding carboxylic acids is 2. The van der Waals surface area contributed by atoms with Crippen molar-refractivity contribution in [3.05, 3.63) is 65.7 Å². The van der Waals surface area contributed by atoms with Crippen molar-refractivity contribution in [2.24, 2.45) is 5.41 Å². The number of carbonyl (C=O) groups is 2. The van der Waals surface area contributed by atoms with Crippen LogP contribution in [0.2, 0.25) is 0 Å². The van der Waals surface area contributed by atoms with Gasteiger partial charge in [0, 0.05) is 12.2 Å². The molecule has 0 unspecified atom stereocenters. The van der Waals surface area contributed by atoms with Gasteiger partial charge in [0.25, 0.3) is 0 Å². The molecule has 0 aliphatic heterocycles. The van der Waals surface area contributed by atoms with Crippen molar-refractivity contribution >= 4 is 17.5 Å². The molecule has 0 saturated heterocycles. The van der Waals surface area contributed by atoms with Gasteiger partial charge in [0.1, 0.15) is 5.41 Å². The Balaban J connectivity index is 1.86. The van der Waals surface area contributed by atoms with Crippen LogP contribution in [0.1, 0.15) is 38.3 Å². The third-order valence-electron chi connectivity index (χ3n) is 4.55. The Labute approximate surface area is 156 Å². The molecule has 26 heavy (non-hydrogen) atoms. The molecule has 0 saturated carbocycles. The molecule has 4 heteroatoms. The average Bonchev–Trinajstić information content (AvgIpc) is 2.66. The number of hydrogen-bond acceptors (Lipinski definition) is 2. The molecule has 4 nitrogen and oxygen atoms in total. The number of rotatable bonds is 8. The highest BCUT2D eigenvalue weighted by Crippen LogP contribution is 2.22. The van der Waals surface area contributed by atoms with Crippen molar-refractivity contribution in [3.8, 4) is 0 Å². The van der Waals surface area contributed by atoms with Crippen LogP contribution < -0.4 is 10.6 Å². The largest absolute Gasteiger partial charge is 0.355 e. The van der Waals surface area contributed by atoms with Gasteiger partial charge in [-0.05, 0) is 50.3 Å². The molecule has 2 amide bonds. The second kappa shape index (κ2) is 9.18. The monoisotopic (exact) mass is 352 g/mol. The summed E-state index contributed by atoms with van der Waals surface area (Å²) in [6, 6.07) is 17.8. The van der Waals surface area contributed by atoms with Gasteiger partial charge in [-0.15, -0.1) is 0 Å². The number of benzene rings is 2. The van der Waals surface area contributed by atoms with Crippen molar-refractivity contribution in [2.75, 3.05) is 11.9 Å². The Morgan fingerprint density at radius 1 is 0.923 bits per heavy atom.